The van der Waals surface area contributed by atoms with Gasteiger partial charge in [0.25, 0.3) is 5.91 Å². The van der Waals surface area contributed by atoms with Gasteiger partial charge >= 0.3 is 0 Å². The number of aryl methyl sites for hydroxylation is 1. The van der Waals surface area contributed by atoms with Crippen molar-refractivity contribution in [2.45, 2.75) is 51.2 Å². The minimum Gasteiger partial charge on any atom is -0.497 e. The van der Waals surface area contributed by atoms with Crippen LogP contribution in [0.2, 0.25) is 0 Å². The molecule has 0 saturated carbocycles. The van der Waals surface area contributed by atoms with E-state index in [9.17, 15) is 14.7 Å². The van der Waals surface area contributed by atoms with Gasteiger partial charge in [-0.25, -0.2) is 5.48 Å². The third-order valence-corrected chi connectivity index (χ3v) is 6.54. The molecule has 2 aromatic carbocycles. The molecule has 1 heterocycles. The first-order valence-electron chi connectivity index (χ1n) is 12.5. The van der Waals surface area contributed by atoms with E-state index >= 15 is 0 Å². The van der Waals surface area contributed by atoms with E-state index in [1.807, 2.05) is 55.5 Å². The highest BCUT2D eigenvalue weighted by Crippen LogP contribution is 2.24. The summed E-state index contributed by atoms with van der Waals surface area (Å²) in [6.45, 7) is 3.56. The van der Waals surface area contributed by atoms with Gasteiger partial charge in [-0.3, -0.25) is 14.8 Å². The minimum absolute atomic E-state index is 0.199. The highest BCUT2D eigenvalue weighted by Gasteiger charge is 2.36. The number of hydrogen-bond acceptors (Lipinski definition) is 7. The first-order chi connectivity index (χ1) is 17.4. The topological polar surface area (TPSA) is 120 Å². The van der Waals surface area contributed by atoms with Crippen LogP contribution in [0, 0.1) is 5.92 Å². The normalized spacial score (nSPS) is 15.6. The summed E-state index contributed by atoms with van der Waals surface area (Å²) in [6, 6.07) is 15.7. The van der Waals surface area contributed by atoms with Crippen molar-refractivity contribution < 1.29 is 29.4 Å². The lowest BCUT2D eigenvalue weighted by molar-refractivity contribution is -0.151. The summed E-state index contributed by atoms with van der Waals surface area (Å²) in [5.74, 6) is -0.588. The maximum absolute atomic E-state index is 13.3. The van der Waals surface area contributed by atoms with Crippen LogP contribution in [0.3, 0.4) is 0 Å². The second-order valence-electron chi connectivity index (χ2n) is 8.97. The van der Waals surface area contributed by atoms with Crippen LogP contribution in [0.25, 0.3) is 0 Å². The molecule has 3 rings (SSSR count). The number of amides is 2. The van der Waals surface area contributed by atoms with Crippen LogP contribution in [-0.4, -0.2) is 66.0 Å². The molecule has 1 aliphatic heterocycles. The number of hydrogen-bond donors (Lipinski definition) is 4. The number of nitrogens with zero attached hydrogens (tertiary/aromatic N) is 1. The lowest BCUT2D eigenvalue weighted by Gasteiger charge is -2.35. The summed E-state index contributed by atoms with van der Waals surface area (Å²) in [7, 11) is 1.63. The van der Waals surface area contributed by atoms with Crippen molar-refractivity contribution in [2.24, 2.45) is 5.92 Å². The molecule has 9 heteroatoms. The number of aliphatic hydroxyl groups excluding tert-OH is 1. The Morgan fingerprint density at radius 1 is 1.11 bits per heavy atom. The third kappa shape index (κ3) is 7.60. The predicted octanol–water partition coefficient (Wildman–Crippen LogP) is 3.00. The molecule has 0 spiro atoms. The Balaban J connectivity index is 1.56. The Bertz CT molecular complexity index is 976. The molecule has 1 saturated heterocycles. The summed E-state index contributed by atoms with van der Waals surface area (Å²) < 4.78 is 10.7. The number of likely N-dealkylation sites (tertiary alicyclic amines) is 1. The van der Waals surface area contributed by atoms with E-state index in [0.717, 1.165) is 35.6 Å². The quantitative estimate of drug-likeness (QED) is 0.262. The number of methoxy groups -OCH3 is 1. The van der Waals surface area contributed by atoms with Crippen LogP contribution in [0.4, 0.5) is 5.69 Å². The maximum Gasteiger partial charge on any atom is 0.272 e. The number of rotatable bonds is 12. The summed E-state index contributed by atoms with van der Waals surface area (Å²) >= 11 is 0. The van der Waals surface area contributed by atoms with Gasteiger partial charge in [0.2, 0.25) is 5.91 Å². The lowest BCUT2D eigenvalue weighted by atomic mass is 9.91. The van der Waals surface area contributed by atoms with Gasteiger partial charge in [0.05, 0.1) is 19.6 Å². The molecular weight excluding hydrogens is 462 g/mol. The van der Waals surface area contributed by atoms with Crippen molar-refractivity contribution >= 4 is 17.5 Å². The molecule has 2 amide bonds. The van der Waals surface area contributed by atoms with Crippen LogP contribution in [0.15, 0.2) is 48.5 Å². The molecule has 1 fully saturated rings. The van der Waals surface area contributed by atoms with E-state index in [1.54, 1.807) is 12.0 Å². The SMILES string of the molecule is CCOc1ccc(CCCC(C(=O)N2CCC(Nc3cccc(OC)c3)CC2)[C@H](O)C(=O)NO)cc1. The number of carbonyl (C=O) groups excluding carboxylic acids is 2. The van der Waals surface area contributed by atoms with Crippen molar-refractivity contribution in [1.82, 2.24) is 10.4 Å². The molecular formula is C27H37N3O6. The predicted molar refractivity (Wildman–Crippen MR) is 136 cm³/mol. The van der Waals surface area contributed by atoms with Gasteiger partial charge < -0.3 is 24.8 Å². The van der Waals surface area contributed by atoms with E-state index in [4.69, 9.17) is 14.7 Å². The van der Waals surface area contributed by atoms with Crippen LogP contribution >= 0.6 is 0 Å². The van der Waals surface area contributed by atoms with Crippen LogP contribution in [0.1, 0.15) is 38.2 Å². The number of hydroxylamine groups is 1. The van der Waals surface area contributed by atoms with Gasteiger partial charge in [-0.05, 0) is 68.9 Å². The van der Waals surface area contributed by atoms with Crippen molar-refractivity contribution in [2.75, 3.05) is 32.1 Å². The molecule has 0 radical (unpaired) electrons. The number of nitrogens with one attached hydrogen (secondary N) is 2. The van der Waals surface area contributed by atoms with Gasteiger partial charge in [0.15, 0.2) is 0 Å². The minimum atomic E-state index is -1.62. The molecule has 2 aromatic rings. The molecule has 196 valence electrons. The number of aliphatic hydroxyl groups is 1. The van der Waals surface area contributed by atoms with Gasteiger partial charge in [0.1, 0.15) is 17.6 Å². The average molecular weight is 500 g/mol. The first kappa shape index (κ1) is 27.3. The van der Waals surface area contributed by atoms with Crippen molar-refractivity contribution in [3.05, 3.63) is 54.1 Å². The lowest BCUT2D eigenvalue weighted by Crippen LogP contribution is -2.50. The second-order valence-corrected chi connectivity index (χ2v) is 8.97. The number of anilines is 1. The smallest absolute Gasteiger partial charge is 0.272 e. The average Bonchev–Trinajstić information content (AvgIpc) is 2.91. The molecule has 4 N–H and O–H groups in total. The Morgan fingerprint density at radius 2 is 1.83 bits per heavy atom. The third-order valence-electron chi connectivity index (χ3n) is 6.54. The fourth-order valence-corrected chi connectivity index (χ4v) is 4.54. The van der Waals surface area contributed by atoms with Gasteiger partial charge in [-0.1, -0.05) is 18.2 Å². The molecule has 36 heavy (non-hydrogen) atoms. The van der Waals surface area contributed by atoms with E-state index < -0.39 is 17.9 Å². The van der Waals surface area contributed by atoms with Gasteiger partial charge in [0, 0.05) is 30.9 Å². The Morgan fingerprint density at radius 3 is 2.47 bits per heavy atom. The van der Waals surface area contributed by atoms with Crippen LogP contribution in [0.5, 0.6) is 11.5 Å². The number of piperidine rings is 1. The zero-order valence-electron chi connectivity index (χ0n) is 21.0. The van der Waals surface area contributed by atoms with Crippen molar-refractivity contribution in [3.63, 3.8) is 0 Å². The van der Waals surface area contributed by atoms with E-state index in [2.05, 4.69) is 5.32 Å². The van der Waals surface area contributed by atoms with E-state index in [1.165, 1.54) is 5.48 Å². The number of ether oxygens (including phenoxy) is 2. The maximum atomic E-state index is 13.3. The largest absolute Gasteiger partial charge is 0.497 e. The van der Waals surface area contributed by atoms with E-state index in [-0.39, 0.29) is 11.9 Å². The van der Waals surface area contributed by atoms with Crippen LogP contribution in [-0.2, 0) is 16.0 Å². The molecule has 1 unspecified atom stereocenters. The molecule has 1 aliphatic rings. The summed E-state index contributed by atoms with van der Waals surface area (Å²) in [5.41, 5.74) is 3.52. The Hall–Kier alpha value is -3.30. The molecule has 0 aliphatic carbocycles. The zero-order chi connectivity index (χ0) is 25.9. The number of carbonyl (C=O) groups is 2. The van der Waals surface area contributed by atoms with Gasteiger partial charge in [-0.2, -0.15) is 0 Å². The fraction of sp³-hybridized carbons (Fsp3) is 0.481. The standard InChI is InChI=1S/C27H37N3O6/c1-3-36-22-12-10-19(11-13-22)6-4-9-24(25(31)26(32)29-34)27(33)30-16-14-20(15-17-30)28-21-7-5-8-23(18-21)35-2/h5,7-8,10-13,18,20,24-25,28,31,34H,3-4,6,9,14-17H2,1-2H3,(H,29,32)/t24?,25-/m0/s1. The van der Waals surface area contributed by atoms with Crippen molar-refractivity contribution in [1.29, 1.82) is 0 Å². The first-order valence-corrected chi connectivity index (χ1v) is 12.5. The Kier molecular flexibility index (Phi) is 10.4. The summed E-state index contributed by atoms with van der Waals surface area (Å²) in [6.07, 6.45) is 1.48. The zero-order valence-corrected chi connectivity index (χ0v) is 21.0. The summed E-state index contributed by atoms with van der Waals surface area (Å²) in [5, 5.41) is 23.0. The van der Waals surface area contributed by atoms with Crippen molar-refractivity contribution in [3.8, 4) is 11.5 Å². The molecule has 0 bridgehead atoms. The van der Waals surface area contributed by atoms with Gasteiger partial charge in [-0.15, -0.1) is 0 Å². The number of benzene rings is 2. The highest BCUT2D eigenvalue weighted by atomic mass is 16.5. The van der Waals surface area contributed by atoms with Crippen LogP contribution < -0.4 is 20.3 Å². The second kappa shape index (κ2) is 13.7. The molecule has 2 atom stereocenters. The summed E-state index contributed by atoms with van der Waals surface area (Å²) in [4.78, 5) is 27.0. The Labute approximate surface area is 212 Å². The van der Waals surface area contributed by atoms with E-state index in [0.29, 0.717) is 39.0 Å². The monoisotopic (exact) mass is 499 g/mol. The molecule has 0 aromatic heterocycles. The highest BCUT2D eigenvalue weighted by molar-refractivity contribution is 5.88. The fourth-order valence-electron chi connectivity index (χ4n) is 4.54. The molecule has 9 nitrogen and oxygen atoms in total.